The zero-order valence-corrected chi connectivity index (χ0v) is 10.8. The standard InChI is InChI=1S/C11H7BrF3N3O/c12-8-5-16-18-9(8)10(19)17-7-3-1-6(2-4-7)11(13,14)15/h1-5H,(H,16,18)(H,17,19). The summed E-state index contributed by atoms with van der Waals surface area (Å²) < 4.78 is 37.5. The van der Waals surface area contributed by atoms with Crippen LogP contribution in [0.25, 0.3) is 0 Å². The molecule has 0 aliphatic rings. The molecule has 0 aliphatic carbocycles. The van der Waals surface area contributed by atoms with Crippen molar-refractivity contribution < 1.29 is 18.0 Å². The lowest BCUT2D eigenvalue weighted by atomic mass is 10.2. The number of benzene rings is 1. The largest absolute Gasteiger partial charge is 0.416 e. The number of carbonyl (C=O) groups is 1. The van der Waals surface area contributed by atoms with Crippen LogP contribution in [0.15, 0.2) is 34.9 Å². The van der Waals surface area contributed by atoms with Gasteiger partial charge in [-0.05, 0) is 40.2 Å². The van der Waals surface area contributed by atoms with Gasteiger partial charge in [-0.15, -0.1) is 0 Å². The van der Waals surface area contributed by atoms with Gasteiger partial charge in [-0.3, -0.25) is 9.89 Å². The van der Waals surface area contributed by atoms with E-state index in [1.165, 1.54) is 18.3 Å². The van der Waals surface area contributed by atoms with Crippen LogP contribution in [0, 0.1) is 0 Å². The summed E-state index contributed by atoms with van der Waals surface area (Å²) in [7, 11) is 0. The van der Waals surface area contributed by atoms with Crippen LogP contribution in [0.2, 0.25) is 0 Å². The number of alkyl halides is 3. The van der Waals surface area contributed by atoms with Gasteiger partial charge in [0, 0.05) is 5.69 Å². The molecule has 1 aromatic carbocycles. The number of carbonyl (C=O) groups excluding carboxylic acids is 1. The first-order valence-corrected chi connectivity index (χ1v) is 5.84. The quantitative estimate of drug-likeness (QED) is 0.884. The van der Waals surface area contributed by atoms with E-state index in [0.717, 1.165) is 12.1 Å². The maximum atomic E-state index is 12.4. The van der Waals surface area contributed by atoms with Gasteiger partial charge in [0.05, 0.1) is 16.2 Å². The van der Waals surface area contributed by atoms with Crippen LogP contribution in [0.4, 0.5) is 18.9 Å². The summed E-state index contributed by atoms with van der Waals surface area (Å²) in [6.45, 7) is 0. The third kappa shape index (κ3) is 3.14. The van der Waals surface area contributed by atoms with Gasteiger partial charge in [0.2, 0.25) is 0 Å². The molecule has 0 aliphatic heterocycles. The summed E-state index contributed by atoms with van der Waals surface area (Å²) in [5.41, 5.74) is -0.312. The van der Waals surface area contributed by atoms with Crippen molar-refractivity contribution in [2.75, 3.05) is 5.32 Å². The van der Waals surface area contributed by atoms with Crippen molar-refractivity contribution in [1.82, 2.24) is 10.2 Å². The summed E-state index contributed by atoms with van der Waals surface area (Å²) in [5.74, 6) is -0.496. The fourth-order valence-corrected chi connectivity index (χ4v) is 1.74. The van der Waals surface area contributed by atoms with E-state index in [-0.39, 0.29) is 11.4 Å². The molecule has 0 radical (unpaired) electrons. The third-order valence-corrected chi connectivity index (χ3v) is 2.89. The summed E-state index contributed by atoms with van der Waals surface area (Å²) in [4.78, 5) is 11.7. The summed E-state index contributed by atoms with van der Waals surface area (Å²) >= 11 is 3.11. The molecule has 2 N–H and O–H groups in total. The van der Waals surface area contributed by atoms with Crippen molar-refractivity contribution >= 4 is 27.5 Å². The normalized spacial score (nSPS) is 11.4. The van der Waals surface area contributed by atoms with Crippen LogP contribution in [-0.4, -0.2) is 16.1 Å². The van der Waals surface area contributed by atoms with Crippen LogP contribution in [-0.2, 0) is 6.18 Å². The molecule has 100 valence electrons. The number of amides is 1. The highest BCUT2D eigenvalue weighted by Gasteiger charge is 2.30. The molecule has 2 rings (SSSR count). The molecule has 0 fully saturated rings. The lowest BCUT2D eigenvalue weighted by Gasteiger charge is -2.08. The molecule has 4 nitrogen and oxygen atoms in total. The van der Waals surface area contributed by atoms with Crippen molar-refractivity contribution in [3.63, 3.8) is 0 Å². The van der Waals surface area contributed by atoms with Crippen LogP contribution < -0.4 is 5.32 Å². The molecule has 8 heteroatoms. The van der Waals surface area contributed by atoms with Gasteiger partial charge in [-0.25, -0.2) is 0 Å². The van der Waals surface area contributed by atoms with Crippen LogP contribution in [0.1, 0.15) is 16.1 Å². The number of halogens is 4. The topological polar surface area (TPSA) is 57.8 Å². The first kappa shape index (κ1) is 13.6. The van der Waals surface area contributed by atoms with E-state index >= 15 is 0 Å². The first-order chi connectivity index (χ1) is 8.88. The van der Waals surface area contributed by atoms with Gasteiger partial charge >= 0.3 is 6.18 Å². The lowest BCUT2D eigenvalue weighted by molar-refractivity contribution is -0.137. The predicted octanol–water partition coefficient (Wildman–Crippen LogP) is 3.44. The molecule has 1 aromatic heterocycles. The Kier molecular flexibility index (Phi) is 3.61. The number of nitrogens with zero attached hydrogens (tertiary/aromatic N) is 1. The average Bonchev–Trinajstić information content (AvgIpc) is 2.75. The minimum Gasteiger partial charge on any atom is -0.321 e. The molecule has 2 aromatic rings. The Morgan fingerprint density at radius 3 is 2.37 bits per heavy atom. The van der Waals surface area contributed by atoms with Gasteiger partial charge < -0.3 is 5.32 Å². The van der Waals surface area contributed by atoms with E-state index < -0.39 is 17.6 Å². The zero-order chi connectivity index (χ0) is 14.0. The lowest BCUT2D eigenvalue weighted by Crippen LogP contribution is -2.13. The Hall–Kier alpha value is -1.83. The van der Waals surface area contributed by atoms with Gasteiger partial charge in [0.15, 0.2) is 0 Å². The Labute approximate surface area is 114 Å². The van der Waals surface area contributed by atoms with Crippen molar-refractivity contribution in [3.05, 3.63) is 46.2 Å². The van der Waals surface area contributed by atoms with Gasteiger partial charge in [-0.1, -0.05) is 0 Å². The number of hydrogen-bond acceptors (Lipinski definition) is 2. The molecule has 0 saturated carbocycles. The molecule has 0 spiro atoms. The predicted molar refractivity (Wildman–Crippen MR) is 65.7 cm³/mol. The molecular formula is C11H7BrF3N3O. The SMILES string of the molecule is O=C(Nc1ccc(C(F)(F)F)cc1)c1[nH]ncc1Br. The second kappa shape index (κ2) is 5.04. The molecule has 0 bridgehead atoms. The Bertz CT molecular complexity index is 592. The summed E-state index contributed by atoms with van der Waals surface area (Å²) in [6.07, 6.45) is -2.99. The van der Waals surface area contributed by atoms with Crippen molar-refractivity contribution in [2.45, 2.75) is 6.18 Å². The van der Waals surface area contributed by atoms with Crippen LogP contribution in [0.3, 0.4) is 0 Å². The highest BCUT2D eigenvalue weighted by Crippen LogP contribution is 2.29. The number of anilines is 1. The monoisotopic (exact) mass is 333 g/mol. The maximum Gasteiger partial charge on any atom is 0.416 e. The van der Waals surface area contributed by atoms with Gasteiger partial charge in [0.1, 0.15) is 5.69 Å². The van der Waals surface area contributed by atoms with E-state index in [9.17, 15) is 18.0 Å². The van der Waals surface area contributed by atoms with Crippen molar-refractivity contribution in [2.24, 2.45) is 0 Å². The molecule has 19 heavy (non-hydrogen) atoms. The van der Waals surface area contributed by atoms with Crippen molar-refractivity contribution in [1.29, 1.82) is 0 Å². The van der Waals surface area contributed by atoms with Crippen LogP contribution in [0.5, 0.6) is 0 Å². The highest BCUT2D eigenvalue weighted by molar-refractivity contribution is 9.10. The molecule has 1 heterocycles. The minimum atomic E-state index is -4.39. The van der Waals surface area contributed by atoms with Gasteiger partial charge in [0.25, 0.3) is 5.91 Å². The van der Waals surface area contributed by atoms with E-state index in [1.54, 1.807) is 0 Å². The zero-order valence-electron chi connectivity index (χ0n) is 9.25. The third-order valence-electron chi connectivity index (χ3n) is 2.29. The number of hydrogen-bond donors (Lipinski definition) is 2. The van der Waals surface area contributed by atoms with Gasteiger partial charge in [-0.2, -0.15) is 18.3 Å². The molecule has 0 atom stereocenters. The van der Waals surface area contributed by atoms with E-state index in [0.29, 0.717) is 4.47 Å². The van der Waals surface area contributed by atoms with E-state index in [4.69, 9.17) is 0 Å². The number of aromatic amines is 1. The maximum absolute atomic E-state index is 12.4. The second-order valence-electron chi connectivity index (χ2n) is 3.62. The second-order valence-corrected chi connectivity index (χ2v) is 4.48. The van der Waals surface area contributed by atoms with Crippen LogP contribution >= 0.6 is 15.9 Å². The summed E-state index contributed by atoms with van der Waals surface area (Å²) in [6, 6.07) is 4.17. The Morgan fingerprint density at radius 1 is 1.26 bits per heavy atom. The Morgan fingerprint density at radius 2 is 1.89 bits per heavy atom. The number of H-pyrrole nitrogens is 1. The molecular weight excluding hydrogens is 327 g/mol. The number of nitrogens with one attached hydrogen (secondary N) is 2. The molecule has 0 unspecified atom stereocenters. The minimum absolute atomic E-state index is 0.194. The molecule has 1 amide bonds. The van der Waals surface area contributed by atoms with E-state index in [2.05, 4.69) is 31.4 Å². The van der Waals surface area contributed by atoms with Crippen molar-refractivity contribution in [3.8, 4) is 0 Å². The van der Waals surface area contributed by atoms with E-state index in [1.807, 2.05) is 0 Å². The molecule has 0 saturated heterocycles. The number of aromatic nitrogens is 2. The fraction of sp³-hybridized carbons (Fsp3) is 0.0909. The average molecular weight is 334 g/mol. The highest BCUT2D eigenvalue weighted by atomic mass is 79.9. The first-order valence-electron chi connectivity index (χ1n) is 5.05. The summed E-state index contributed by atoms with van der Waals surface area (Å²) in [5, 5.41) is 8.58. The number of rotatable bonds is 2. The smallest absolute Gasteiger partial charge is 0.321 e. The fourth-order valence-electron chi connectivity index (χ4n) is 1.37. The Balaban J connectivity index is 2.12.